The van der Waals surface area contributed by atoms with Crippen LogP contribution in [0.5, 0.6) is 0 Å². The minimum absolute atomic E-state index is 0.460. The maximum atomic E-state index is 3.65. The average molecular weight is 166 g/mol. The van der Waals surface area contributed by atoms with E-state index in [9.17, 15) is 0 Å². The van der Waals surface area contributed by atoms with Crippen molar-refractivity contribution in [3.63, 3.8) is 0 Å². The first-order chi connectivity index (χ1) is 5.45. The van der Waals surface area contributed by atoms with Gasteiger partial charge in [0.1, 0.15) is 0 Å². The molecule has 0 fully saturated rings. The molecule has 0 saturated heterocycles. The topological polar surface area (TPSA) is 0 Å². The highest BCUT2D eigenvalue weighted by Crippen LogP contribution is 2.25. The van der Waals surface area contributed by atoms with Crippen molar-refractivity contribution in [1.29, 1.82) is 0 Å². The van der Waals surface area contributed by atoms with E-state index in [4.69, 9.17) is 0 Å². The second-order valence-electron chi connectivity index (χ2n) is 4.77. The van der Waals surface area contributed by atoms with Crippen LogP contribution in [0.2, 0.25) is 0 Å². The Kier molecular flexibility index (Phi) is 4.96. The molecule has 0 spiro atoms. The van der Waals surface area contributed by atoms with Gasteiger partial charge in [-0.15, -0.1) is 0 Å². The van der Waals surface area contributed by atoms with Gasteiger partial charge in [0.25, 0.3) is 0 Å². The van der Waals surface area contributed by atoms with Crippen molar-refractivity contribution >= 4 is 0 Å². The van der Waals surface area contributed by atoms with E-state index >= 15 is 0 Å². The van der Waals surface area contributed by atoms with Gasteiger partial charge in [0, 0.05) is 0 Å². The zero-order valence-corrected chi connectivity index (χ0v) is 8.93. The summed E-state index contributed by atoms with van der Waals surface area (Å²) in [4.78, 5) is 0. The van der Waals surface area contributed by atoms with Crippen molar-refractivity contribution in [3.8, 4) is 0 Å². The first-order valence-corrected chi connectivity index (χ1v) is 4.73. The molecule has 0 heteroatoms. The molecule has 0 aliphatic heterocycles. The lowest BCUT2D eigenvalue weighted by molar-refractivity contribution is 0.308. The maximum Gasteiger partial charge on any atom is -0.0322 e. The maximum absolute atomic E-state index is 3.65. The van der Waals surface area contributed by atoms with Gasteiger partial charge >= 0.3 is 0 Å². The molecule has 0 saturated carbocycles. The van der Waals surface area contributed by atoms with Crippen molar-refractivity contribution in [2.45, 2.75) is 40.5 Å². The molecule has 0 aromatic rings. The zero-order chi connectivity index (χ0) is 9.61. The molecule has 0 rings (SSSR count). The Hall–Kier alpha value is -0.520. The van der Waals surface area contributed by atoms with Gasteiger partial charge in [0.15, 0.2) is 0 Å². The lowest BCUT2D eigenvalue weighted by Gasteiger charge is -2.22. The number of allylic oxidation sites excluding steroid dienone is 3. The summed E-state index contributed by atoms with van der Waals surface area (Å²) in [5.41, 5.74) is 0.460. The summed E-state index contributed by atoms with van der Waals surface area (Å²) in [6.45, 7) is 12.8. The van der Waals surface area contributed by atoms with E-state index < -0.39 is 0 Å². The summed E-state index contributed by atoms with van der Waals surface area (Å²) in [7, 11) is 0. The van der Waals surface area contributed by atoms with Crippen molar-refractivity contribution < 1.29 is 0 Å². The van der Waals surface area contributed by atoms with Gasteiger partial charge in [-0.1, -0.05) is 52.5 Å². The van der Waals surface area contributed by atoms with Crippen LogP contribution >= 0.6 is 0 Å². The molecule has 70 valence electrons. The quantitative estimate of drug-likeness (QED) is 0.549. The smallest absolute Gasteiger partial charge is 0.0322 e. The number of hydrogen-bond donors (Lipinski definition) is 0. The van der Waals surface area contributed by atoms with Crippen molar-refractivity contribution in [2.75, 3.05) is 0 Å². The molecule has 0 aliphatic carbocycles. The summed E-state index contributed by atoms with van der Waals surface area (Å²) in [5, 5.41) is 0. The van der Waals surface area contributed by atoms with Crippen LogP contribution in [0, 0.1) is 11.3 Å². The van der Waals surface area contributed by atoms with E-state index in [1.165, 1.54) is 12.8 Å². The van der Waals surface area contributed by atoms with Gasteiger partial charge in [0.2, 0.25) is 0 Å². The summed E-state index contributed by atoms with van der Waals surface area (Å²) < 4.78 is 0. The summed E-state index contributed by atoms with van der Waals surface area (Å²) in [6, 6.07) is 0. The summed E-state index contributed by atoms with van der Waals surface area (Å²) >= 11 is 0. The highest BCUT2D eigenvalue weighted by Gasteiger charge is 2.13. The summed E-state index contributed by atoms with van der Waals surface area (Å²) in [6.07, 6.45) is 8.52. The van der Waals surface area contributed by atoms with Crippen LogP contribution in [-0.2, 0) is 0 Å². The summed E-state index contributed by atoms with van der Waals surface area (Å²) in [5.74, 6) is 0.779. The second kappa shape index (κ2) is 5.18. The van der Waals surface area contributed by atoms with Gasteiger partial charge in [-0.05, 0) is 24.2 Å². The first-order valence-electron chi connectivity index (χ1n) is 4.73. The molecule has 1 atom stereocenters. The molecular formula is C12H22. The van der Waals surface area contributed by atoms with E-state index in [2.05, 4.69) is 40.3 Å². The minimum Gasteiger partial charge on any atom is -0.0991 e. The van der Waals surface area contributed by atoms with Crippen LogP contribution in [0.25, 0.3) is 0 Å². The zero-order valence-electron chi connectivity index (χ0n) is 8.93. The van der Waals surface area contributed by atoms with E-state index in [-0.39, 0.29) is 0 Å². The molecular weight excluding hydrogens is 144 g/mol. The standard InChI is InChI=1S/C12H22/c1-6-7-8-9-11(2)10-12(3,4)5/h6-8,11H,1,9-10H2,2-5H3/b8-7-. The predicted molar refractivity (Wildman–Crippen MR) is 57.2 cm³/mol. The lowest BCUT2D eigenvalue weighted by Crippen LogP contribution is -2.10. The number of rotatable bonds is 4. The van der Waals surface area contributed by atoms with Crippen LogP contribution in [0.3, 0.4) is 0 Å². The third-order valence-corrected chi connectivity index (χ3v) is 1.77. The van der Waals surface area contributed by atoms with Crippen molar-refractivity contribution in [3.05, 3.63) is 24.8 Å². The van der Waals surface area contributed by atoms with Gasteiger partial charge in [-0.25, -0.2) is 0 Å². The van der Waals surface area contributed by atoms with E-state index in [1.807, 2.05) is 12.2 Å². The molecule has 0 amide bonds. The fourth-order valence-electron chi connectivity index (χ4n) is 1.54. The molecule has 12 heavy (non-hydrogen) atoms. The Morgan fingerprint density at radius 2 is 1.92 bits per heavy atom. The normalized spacial score (nSPS) is 15.0. The average Bonchev–Trinajstić information content (AvgIpc) is 1.84. The van der Waals surface area contributed by atoms with Gasteiger partial charge < -0.3 is 0 Å². The molecule has 0 nitrogen and oxygen atoms in total. The predicted octanol–water partition coefficient (Wildman–Crippen LogP) is 4.19. The van der Waals surface area contributed by atoms with E-state index in [0.29, 0.717) is 5.41 Å². The third-order valence-electron chi connectivity index (χ3n) is 1.77. The van der Waals surface area contributed by atoms with Crippen molar-refractivity contribution in [1.82, 2.24) is 0 Å². The monoisotopic (exact) mass is 166 g/mol. The largest absolute Gasteiger partial charge is 0.0991 e. The molecule has 0 bridgehead atoms. The molecule has 0 aromatic heterocycles. The van der Waals surface area contributed by atoms with E-state index in [1.54, 1.807) is 0 Å². The Balaban J connectivity index is 3.66. The number of hydrogen-bond acceptors (Lipinski definition) is 0. The molecule has 1 unspecified atom stereocenters. The van der Waals surface area contributed by atoms with E-state index in [0.717, 1.165) is 5.92 Å². The van der Waals surface area contributed by atoms with Gasteiger partial charge in [-0.3, -0.25) is 0 Å². The first kappa shape index (κ1) is 11.5. The van der Waals surface area contributed by atoms with Gasteiger partial charge in [0.05, 0.1) is 0 Å². The van der Waals surface area contributed by atoms with Crippen LogP contribution in [0.1, 0.15) is 40.5 Å². The van der Waals surface area contributed by atoms with Crippen LogP contribution in [-0.4, -0.2) is 0 Å². The molecule has 0 aliphatic rings. The van der Waals surface area contributed by atoms with Crippen LogP contribution in [0.15, 0.2) is 24.8 Å². The lowest BCUT2D eigenvalue weighted by atomic mass is 9.84. The fraction of sp³-hybridized carbons (Fsp3) is 0.667. The highest BCUT2D eigenvalue weighted by atomic mass is 14.2. The SMILES string of the molecule is C=C/C=C\CC(C)CC(C)(C)C. The van der Waals surface area contributed by atoms with Gasteiger partial charge in [-0.2, -0.15) is 0 Å². The molecule has 0 aromatic carbocycles. The van der Waals surface area contributed by atoms with Crippen molar-refractivity contribution in [2.24, 2.45) is 11.3 Å². The highest BCUT2D eigenvalue weighted by molar-refractivity contribution is 4.97. The Morgan fingerprint density at radius 1 is 1.33 bits per heavy atom. The molecule has 0 radical (unpaired) electrons. The molecule has 0 N–H and O–H groups in total. The Morgan fingerprint density at radius 3 is 2.33 bits per heavy atom. The second-order valence-corrected chi connectivity index (χ2v) is 4.77. The molecule has 0 heterocycles. The third kappa shape index (κ3) is 7.59. The Bertz CT molecular complexity index is 146. The fourth-order valence-corrected chi connectivity index (χ4v) is 1.54. The van der Waals surface area contributed by atoms with Crippen LogP contribution in [0.4, 0.5) is 0 Å². The minimum atomic E-state index is 0.460. The van der Waals surface area contributed by atoms with Crippen LogP contribution < -0.4 is 0 Å². The Labute approximate surface area is 77.4 Å².